The Morgan fingerprint density at radius 1 is 1.39 bits per heavy atom. The molecule has 18 heavy (non-hydrogen) atoms. The number of aromatic carboxylic acids is 1. The van der Waals surface area contributed by atoms with E-state index in [4.69, 9.17) is 9.84 Å². The number of carboxylic acid groups (broad SMARTS) is 1. The lowest BCUT2D eigenvalue weighted by atomic mass is 10.2. The molecule has 1 N–H and O–H groups in total. The van der Waals surface area contributed by atoms with Crippen LogP contribution in [0.15, 0.2) is 35.1 Å². The van der Waals surface area contributed by atoms with Crippen molar-refractivity contribution in [1.82, 2.24) is 9.97 Å². The van der Waals surface area contributed by atoms with Crippen LogP contribution >= 0.6 is 15.9 Å². The standard InChI is InChI=1S/C12H9BrN2O3/c1-7-4-8(13)2-3-10(7)18-11-6-14-5-9(15-11)12(16)17/h2-6H,1H3,(H,16,17). The van der Waals surface area contributed by atoms with Gasteiger partial charge in [0.15, 0.2) is 5.69 Å². The summed E-state index contributed by atoms with van der Waals surface area (Å²) < 4.78 is 6.44. The third kappa shape index (κ3) is 2.84. The lowest BCUT2D eigenvalue weighted by Crippen LogP contribution is -2.02. The number of nitrogens with zero attached hydrogens (tertiary/aromatic N) is 2. The van der Waals surface area contributed by atoms with E-state index in [9.17, 15) is 4.79 Å². The van der Waals surface area contributed by atoms with E-state index in [1.807, 2.05) is 19.1 Å². The van der Waals surface area contributed by atoms with Crippen molar-refractivity contribution in [2.24, 2.45) is 0 Å². The Hall–Kier alpha value is -1.95. The van der Waals surface area contributed by atoms with Crippen molar-refractivity contribution in [3.63, 3.8) is 0 Å². The van der Waals surface area contributed by atoms with Gasteiger partial charge in [0.25, 0.3) is 0 Å². The van der Waals surface area contributed by atoms with Crippen molar-refractivity contribution < 1.29 is 14.6 Å². The maximum Gasteiger partial charge on any atom is 0.356 e. The zero-order valence-electron chi connectivity index (χ0n) is 9.42. The largest absolute Gasteiger partial charge is 0.476 e. The van der Waals surface area contributed by atoms with Crippen LogP contribution in [-0.2, 0) is 0 Å². The first kappa shape index (κ1) is 12.5. The summed E-state index contributed by atoms with van der Waals surface area (Å²) in [5.41, 5.74) is 0.758. The van der Waals surface area contributed by atoms with Gasteiger partial charge in [-0.1, -0.05) is 15.9 Å². The number of hydrogen-bond donors (Lipinski definition) is 1. The summed E-state index contributed by atoms with van der Waals surface area (Å²) in [4.78, 5) is 18.4. The van der Waals surface area contributed by atoms with Crippen molar-refractivity contribution in [3.8, 4) is 11.6 Å². The van der Waals surface area contributed by atoms with Gasteiger partial charge < -0.3 is 9.84 Å². The fourth-order valence-electron chi connectivity index (χ4n) is 1.34. The van der Waals surface area contributed by atoms with Gasteiger partial charge in [0.2, 0.25) is 5.88 Å². The second-order valence-electron chi connectivity index (χ2n) is 3.56. The predicted molar refractivity (Wildman–Crippen MR) is 67.9 cm³/mol. The van der Waals surface area contributed by atoms with E-state index in [0.717, 1.165) is 10.0 Å². The van der Waals surface area contributed by atoms with E-state index in [1.54, 1.807) is 6.07 Å². The molecule has 0 atom stereocenters. The molecule has 2 rings (SSSR count). The van der Waals surface area contributed by atoms with Crippen molar-refractivity contribution in [1.29, 1.82) is 0 Å². The fourth-order valence-corrected chi connectivity index (χ4v) is 1.82. The fraction of sp³-hybridized carbons (Fsp3) is 0.0833. The molecule has 5 nitrogen and oxygen atoms in total. The summed E-state index contributed by atoms with van der Waals surface area (Å²) in [5, 5.41) is 8.80. The highest BCUT2D eigenvalue weighted by Crippen LogP contribution is 2.26. The summed E-state index contributed by atoms with van der Waals surface area (Å²) in [6, 6.07) is 5.50. The Kier molecular flexibility index (Phi) is 3.57. The van der Waals surface area contributed by atoms with Crippen LogP contribution in [0.3, 0.4) is 0 Å². The van der Waals surface area contributed by atoms with E-state index in [-0.39, 0.29) is 11.6 Å². The molecule has 0 aliphatic rings. The van der Waals surface area contributed by atoms with Gasteiger partial charge in [-0.25, -0.2) is 9.78 Å². The first-order chi connectivity index (χ1) is 8.56. The van der Waals surface area contributed by atoms with Crippen LogP contribution < -0.4 is 4.74 Å². The summed E-state index contributed by atoms with van der Waals surface area (Å²) in [6.45, 7) is 1.88. The topological polar surface area (TPSA) is 72.3 Å². The minimum Gasteiger partial charge on any atom is -0.476 e. The van der Waals surface area contributed by atoms with Gasteiger partial charge in [-0.05, 0) is 30.7 Å². The summed E-state index contributed by atoms with van der Waals surface area (Å²) >= 11 is 3.35. The highest BCUT2D eigenvalue weighted by molar-refractivity contribution is 9.10. The van der Waals surface area contributed by atoms with E-state index in [0.29, 0.717) is 5.75 Å². The third-order valence-electron chi connectivity index (χ3n) is 2.18. The average Bonchev–Trinajstić information content (AvgIpc) is 2.33. The Labute approximate surface area is 112 Å². The van der Waals surface area contributed by atoms with Gasteiger partial charge in [0, 0.05) is 4.47 Å². The molecule has 6 heteroatoms. The quantitative estimate of drug-likeness (QED) is 0.943. The molecule has 1 aromatic carbocycles. The van der Waals surface area contributed by atoms with Crippen molar-refractivity contribution >= 4 is 21.9 Å². The number of carboxylic acids is 1. The Balaban J connectivity index is 2.28. The molecule has 0 bridgehead atoms. The number of carbonyl (C=O) groups is 1. The van der Waals surface area contributed by atoms with Crippen LogP contribution in [0.4, 0.5) is 0 Å². The van der Waals surface area contributed by atoms with Crippen LogP contribution in [0.25, 0.3) is 0 Å². The second kappa shape index (κ2) is 5.14. The molecule has 1 heterocycles. The minimum absolute atomic E-state index is 0.151. The molecule has 0 radical (unpaired) electrons. The van der Waals surface area contributed by atoms with E-state index >= 15 is 0 Å². The maximum atomic E-state index is 10.8. The molecule has 0 aliphatic carbocycles. The van der Waals surface area contributed by atoms with Crippen molar-refractivity contribution in [3.05, 3.63) is 46.3 Å². The van der Waals surface area contributed by atoms with Gasteiger partial charge in [-0.15, -0.1) is 0 Å². The minimum atomic E-state index is -1.14. The Bertz CT molecular complexity index is 602. The number of hydrogen-bond acceptors (Lipinski definition) is 4. The Morgan fingerprint density at radius 2 is 2.17 bits per heavy atom. The molecule has 0 spiro atoms. The van der Waals surface area contributed by atoms with Gasteiger partial charge >= 0.3 is 5.97 Å². The summed E-state index contributed by atoms with van der Waals surface area (Å²) in [5.74, 6) is -0.379. The van der Waals surface area contributed by atoms with Gasteiger partial charge in [-0.3, -0.25) is 4.98 Å². The molecule has 0 unspecified atom stereocenters. The molecule has 1 aromatic heterocycles. The van der Waals surface area contributed by atoms with E-state index in [1.165, 1.54) is 12.4 Å². The number of rotatable bonds is 3. The van der Waals surface area contributed by atoms with Gasteiger partial charge in [-0.2, -0.15) is 0 Å². The molecule has 0 amide bonds. The van der Waals surface area contributed by atoms with E-state index in [2.05, 4.69) is 25.9 Å². The lowest BCUT2D eigenvalue weighted by Gasteiger charge is -2.07. The number of halogens is 1. The van der Waals surface area contributed by atoms with Crippen molar-refractivity contribution in [2.45, 2.75) is 6.92 Å². The summed E-state index contributed by atoms with van der Waals surface area (Å²) in [7, 11) is 0. The van der Waals surface area contributed by atoms with E-state index < -0.39 is 5.97 Å². The molecule has 0 fully saturated rings. The SMILES string of the molecule is Cc1cc(Br)ccc1Oc1cncc(C(=O)O)n1. The zero-order chi connectivity index (χ0) is 13.1. The van der Waals surface area contributed by atoms with Crippen LogP contribution in [-0.4, -0.2) is 21.0 Å². The number of aromatic nitrogens is 2. The van der Waals surface area contributed by atoms with Crippen LogP contribution in [0, 0.1) is 6.92 Å². The highest BCUT2D eigenvalue weighted by Gasteiger charge is 2.08. The molecular weight excluding hydrogens is 300 g/mol. The average molecular weight is 309 g/mol. The molecule has 0 aliphatic heterocycles. The number of aryl methyl sites for hydroxylation is 1. The highest BCUT2D eigenvalue weighted by atomic mass is 79.9. The zero-order valence-corrected chi connectivity index (χ0v) is 11.0. The van der Waals surface area contributed by atoms with Crippen molar-refractivity contribution in [2.75, 3.05) is 0 Å². The van der Waals surface area contributed by atoms with Gasteiger partial charge in [0.1, 0.15) is 5.75 Å². The summed E-state index contributed by atoms with van der Waals surface area (Å²) in [6.07, 6.45) is 2.54. The third-order valence-corrected chi connectivity index (χ3v) is 2.68. The first-order valence-electron chi connectivity index (χ1n) is 5.05. The first-order valence-corrected chi connectivity index (χ1v) is 5.85. The van der Waals surface area contributed by atoms with Crippen LogP contribution in [0.5, 0.6) is 11.6 Å². The monoisotopic (exact) mass is 308 g/mol. The molecule has 0 saturated heterocycles. The van der Waals surface area contributed by atoms with Crippen LogP contribution in [0.1, 0.15) is 16.1 Å². The van der Waals surface area contributed by atoms with Crippen LogP contribution in [0.2, 0.25) is 0 Å². The van der Waals surface area contributed by atoms with Gasteiger partial charge in [0.05, 0.1) is 12.4 Å². The molecule has 92 valence electrons. The molecule has 2 aromatic rings. The number of ether oxygens (including phenoxy) is 1. The number of benzene rings is 1. The second-order valence-corrected chi connectivity index (χ2v) is 4.48. The Morgan fingerprint density at radius 3 is 2.83 bits per heavy atom. The predicted octanol–water partition coefficient (Wildman–Crippen LogP) is 3.04. The lowest BCUT2D eigenvalue weighted by molar-refractivity contribution is 0.0689. The molecular formula is C12H9BrN2O3. The smallest absolute Gasteiger partial charge is 0.356 e. The molecule has 0 saturated carbocycles. The normalized spacial score (nSPS) is 10.1. The maximum absolute atomic E-state index is 10.8.